The Bertz CT molecular complexity index is 615. The molecule has 1 fully saturated rings. The van der Waals surface area contributed by atoms with Crippen LogP contribution in [-0.4, -0.2) is 28.0 Å². The maximum Gasteiger partial charge on any atom is 0.271 e. The number of hydrogen-bond acceptors (Lipinski definition) is 3. The molecule has 1 aliphatic rings. The first-order valence-corrected chi connectivity index (χ1v) is 7.19. The molecule has 20 heavy (non-hydrogen) atoms. The lowest BCUT2D eigenvalue weighted by Crippen LogP contribution is -3.10. The van der Waals surface area contributed by atoms with Crippen molar-refractivity contribution in [3.8, 4) is 0 Å². The molecule has 0 saturated carbocycles. The summed E-state index contributed by atoms with van der Waals surface area (Å²) in [6.45, 7) is 3.26. The Balaban J connectivity index is 1.79. The van der Waals surface area contributed by atoms with Gasteiger partial charge in [0, 0.05) is 12.1 Å². The monoisotopic (exact) mass is 275 g/mol. The van der Waals surface area contributed by atoms with Gasteiger partial charge in [0.05, 0.1) is 29.0 Å². The van der Waals surface area contributed by atoms with Crippen LogP contribution in [0.25, 0.3) is 11.0 Å². The fourth-order valence-electron chi connectivity index (χ4n) is 2.89. The molecule has 1 aliphatic heterocycles. The molecule has 6 nitrogen and oxygen atoms in total. The van der Waals surface area contributed by atoms with Crippen LogP contribution in [0, 0.1) is 10.1 Å². The minimum Gasteiger partial charge on any atom is -0.337 e. The van der Waals surface area contributed by atoms with Gasteiger partial charge in [-0.2, -0.15) is 0 Å². The van der Waals surface area contributed by atoms with Crippen LogP contribution < -0.4 is 4.90 Å². The number of nitro groups is 1. The molecule has 2 heterocycles. The number of hydrogen-bond donors (Lipinski definition) is 2. The zero-order chi connectivity index (χ0) is 13.9. The smallest absolute Gasteiger partial charge is 0.271 e. The fourth-order valence-corrected chi connectivity index (χ4v) is 2.89. The maximum absolute atomic E-state index is 10.8. The molecule has 0 spiro atoms. The summed E-state index contributed by atoms with van der Waals surface area (Å²) < 4.78 is 0. The molecule has 0 atom stereocenters. The van der Waals surface area contributed by atoms with Crippen LogP contribution in [0.15, 0.2) is 18.2 Å². The number of likely N-dealkylation sites (tertiary alicyclic amines) is 1. The topological polar surface area (TPSA) is 76.3 Å². The van der Waals surface area contributed by atoms with Gasteiger partial charge in [-0.25, -0.2) is 4.98 Å². The van der Waals surface area contributed by atoms with Gasteiger partial charge in [0.1, 0.15) is 6.54 Å². The molecule has 6 heteroatoms. The van der Waals surface area contributed by atoms with Gasteiger partial charge in [-0.3, -0.25) is 10.1 Å². The molecule has 0 radical (unpaired) electrons. The summed E-state index contributed by atoms with van der Waals surface area (Å²) in [5.74, 6) is 0.928. The Morgan fingerprint density at radius 1 is 1.25 bits per heavy atom. The molecule has 106 valence electrons. The Morgan fingerprint density at radius 3 is 2.70 bits per heavy atom. The molecular weight excluding hydrogens is 256 g/mol. The number of nitrogens with one attached hydrogen (secondary N) is 2. The van der Waals surface area contributed by atoms with Crippen LogP contribution in [0.1, 0.15) is 31.5 Å². The van der Waals surface area contributed by atoms with Gasteiger partial charge in [0.15, 0.2) is 5.82 Å². The number of aromatic nitrogens is 2. The minimum absolute atomic E-state index is 0.106. The van der Waals surface area contributed by atoms with Crippen LogP contribution in [0.5, 0.6) is 0 Å². The van der Waals surface area contributed by atoms with Gasteiger partial charge < -0.3 is 9.88 Å². The van der Waals surface area contributed by atoms with Crippen molar-refractivity contribution in [3.05, 3.63) is 34.1 Å². The average Bonchev–Trinajstić information content (AvgIpc) is 2.64. The lowest BCUT2D eigenvalue weighted by atomic mass is 10.2. The van der Waals surface area contributed by atoms with Crippen LogP contribution in [-0.2, 0) is 6.54 Å². The van der Waals surface area contributed by atoms with E-state index in [4.69, 9.17) is 0 Å². The summed E-state index contributed by atoms with van der Waals surface area (Å²) in [5.41, 5.74) is 1.66. The van der Waals surface area contributed by atoms with Crippen molar-refractivity contribution in [1.82, 2.24) is 9.97 Å². The van der Waals surface area contributed by atoms with E-state index in [0.717, 1.165) is 23.4 Å². The summed E-state index contributed by atoms with van der Waals surface area (Å²) >= 11 is 0. The lowest BCUT2D eigenvalue weighted by Gasteiger charge is -2.14. The number of aromatic amines is 1. The van der Waals surface area contributed by atoms with Crippen molar-refractivity contribution in [2.24, 2.45) is 0 Å². The van der Waals surface area contributed by atoms with E-state index in [1.54, 1.807) is 17.0 Å². The molecule has 3 rings (SSSR count). The van der Waals surface area contributed by atoms with Crippen molar-refractivity contribution in [2.75, 3.05) is 13.1 Å². The van der Waals surface area contributed by atoms with Crippen molar-refractivity contribution in [1.29, 1.82) is 0 Å². The summed E-state index contributed by atoms with van der Waals surface area (Å²) in [6, 6.07) is 4.78. The Hall–Kier alpha value is -1.95. The standard InChI is InChI=1S/C14H18N4O2/c19-18(20)11-5-6-12-13(9-11)16-14(15-12)10-17-7-3-1-2-4-8-17/h5-6,9H,1-4,7-8,10H2,(H,15,16)/p+1. The second-order valence-corrected chi connectivity index (χ2v) is 5.48. The van der Waals surface area contributed by atoms with Crippen molar-refractivity contribution in [2.45, 2.75) is 32.2 Å². The number of H-pyrrole nitrogens is 1. The number of rotatable bonds is 3. The average molecular weight is 275 g/mol. The zero-order valence-electron chi connectivity index (χ0n) is 11.4. The molecule has 2 N–H and O–H groups in total. The number of imidazole rings is 1. The summed E-state index contributed by atoms with van der Waals surface area (Å²) in [6.07, 6.45) is 5.22. The van der Waals surface area contributed by atoms with Gasteiger partial charge >= 0.3 is 0 Å². The predicted octanol–water partition coefficient (Wildman–Crippen LogP) is 1.43. The third-order valence-corrected chi connectivity index (χ3v) is 3.95. The molecule has 0 amide bonds. The lowest BCUT2D eigenvalue weighted by molar-refractivity contribution is -0.913. The molecule has 1 aromatic heterocycles. The van der Waals surface area contributed by atoms with Gasteiger partial charge in [-0.05, 0) is 31.7 Å². The van der Waals surface area contributed by atoms with E-state index in [2.05, 4.69) is 9.97 Å². The van der Waals surface area contributed by atoms with Crippen molar-refractivity contribution >= 4 is 16.7 Å². The first kappa shape index (κ1) is 13.1. The molecule has 1 saturated heterocycles. The van der Waals surface area contributed by atoms with E-state index in [9.17, 15) is 10.1 Å². The molecule has 1 aromatic carbocycles. The Labute approximate surface area is 117 Å². The van der Waals surface area contributed by atoms with E-state index in [0.29, 0.717) is 0 Å². The summed E-state index contributed by atoms with van der Waals surface area (Å²) in [5, 5.41) is 10.8. The highest BCUT2D eigenvalue weighted by atomic mass is 16.6. The van der Waals surface area contributed by atoms with Crippen molar-refractivity contribution < 1.29 is 9.82 Å². The summed E-state index contributed by atoms with van der Waals surface area (Å²) in [4.78, 5) is 19.7. The highest BCUT2D eigenvalue weighted by Crippen LogP contribution is 2.18. The molecule has 0 aliphatic carbocycles. The van der Waals surface area contributed by atoms with E-state index in [-0.39, 0.29) is 10.6 Å². The van der Waals surface area contributed by atoms with Crippen LogP contribution in [0.2, 0.25) is 0 Å². The van der Waals surface area contributed by atoms with Gasteiger partial charge in [0.25, 0.3) is 5.69 Å². The van der Waals surface area contributed by atoms with Gasteiger partial charge in [-0.15, -0.1) is 0 Å². The van der Waals surface area contributed by atoms with E-state index < -0.39 is 0 Å². The first-order valence-electron chi connectivity index (χ1n) is 7.19. The Morgan fingerprint density at radius 2 is 2.00 bits per heavy atom. The second-order valence-electron chi connectivity index (χ2n) is 5.48. The fraction of sp³-hybridized carbons (Fsp3) is 0.500. The quantitative estimate of drug-likeness (QED) is 0.657. The van der Waals surface area contributed by atoms with E-state index in [1.165, 1.54) is 44.8 Å². The third-order valence-electron chi connectivity index (χ3n) is 3.95. The third kappa shape index (κ3) is 2.80. The predicted molar refractivity (Wildman–Crippen MR) is 75.6 cm³/mol. The van der Waals surface area contributed by atoms with E-state index >= 15 is 0 Å². The highest BCUT2D eigenvalue weighted by molar-refractivity contribution is 5.77. The first-order chi connectivity index (χ1) is 9.72. The minimum atomic E-state index is -0.375. The molecule has 0 bridgehead atoms. The van der Waals surface area contributed by atoms with E-state index in [1.807, 2.05) is 0 Å². The molecular formula is C14H19N4O2+. The number of fused-ring (bicyclic) bond motifs is 1. The summed E-state index contributed by atoms with van der Waals surface area (Å²) in [7, 11) is 0. The van der Waals surface area contributed by atoms with Gasteiger partial charge in [0.2, 0.25) is 0 Å². The number of benzene rings is 1. The number of nitrogens with zero attached hydrogens (tertiary/aromatic N) is 2. The maximum atomic E-state index is 10.8. The van der Waals surface area contributed by atoms with Crippen molar-refractivity contribution in [3.63, 3.8) is 0 Å². The number of quaternary nitrogens is 1. The second kappa shape index (κ2) is 5.58. The van der Waals surface area contributed by atoms with Crippen LogP contribution in [0.4, 0.5) is 5.69 Å². The molecule has 0 unspecified atom stereocenters. The van der Waals surface area contributed by atoms with Crippen LogP contribution >= 0.6 is 0 Å². The van der Waals surface area contributed by atoms with Crippen LogP contribution in [0.3, 0.4) is 0 Å². The highest BCUT2D eigenvalue weighted by Gasteiger charge is 2.16. The molecule has 2 aromatic rings. The Kier molecular flexibility index (Phi) is 3.64. The number of nitro benzene ring substituents is 1. The normalized spacial score (nSPS) is 17.2. The largest absolute Gasteiger partial charge is 0.337 e. The zero-order valence-corrected chi connectivity index (χ0v) is 11.4. The SMILES string of the molecule is O=[N+]([O-])c1ccc2nc(C[NH+]3CCCCCC3)[nH]c2c1. The van der Waals surface area contributed by atoms with Gasteiger partial charge in [-0.1, -0.05) is 0 Å². The number of non-ortho nitro benzene ring substituents is 1.